The summed E-state index contributed by atoms with van der Waals surface area (Å²) in [5.41, 5.74) is 1.63. The Bertz CT molecular complexity index is 455. The van der Waals surface area contributed by atoms with Gasteiger partial charge >= 0.3 is 0 Å². The molecule has 0 amide bonds. The maximum atomic E-state index is 11.4. The molecule has 0 unspecified atom stereocenters. The highest BCUT2D eigenvalue weighted by Gasteiger charge is 2.05. The van der Waals surface area contributed by atoms with Gasteiger partial charge in [0.15, 0.2) is 0 Å². The Morgan fingerprint density at radius 2 is 1.58 bits per heavy atom. The minimum Gasteiger partial charge on any atom is -0.385 e. The number of hydrogen-bond acceptors (Lipinski definition) is 3. The lowest BCUT2D eigenvalue weighted by atomic mass is 10.2. The second-order valence-electron chi connectivity index (χ2n) is 4.57. The Hall–Kier alpha value is -1.23. The van der Waals surface area contributed by atoms with Gasteiger partial charge in [0.05, 0.1) is 5.75 Å². The third-order valence-electron chi connectivity index (χ3n) is 2.90. The van der Waals surface area contributed by atoms with Gasteiger partial charge < -0.3 is 5.32 Å². The summed E-state index contributed by atoms with van der Waals surface area (Å²) >= 11 is 0. The molecule has 4 nitrogen and oxygen atoms in total. The van der Waals surface area contributed by atoms with Crippen LogP contribution in [0.5, 0.6) is 0 Å². The van der Waals surface area contributed by atoms with Crippen molar-refractivity contribution in [1.82, 2.24) is 0 Å². The molecule has 0 saturated heterocycles. The summed E-state index contributed by atoms with van der Waals surface area (Å²) in [7, 11) is -3.18. The second kappa shape index (κ2) is 8.04. The molecule has 108 valence electrons. The average molecular weight is 284 g/mol. The molecule has 1 aromatic carbocycles. The van der Waals surface area contributed by atoms with E-state index < -0.39 is 10.0 Å². The molecule has 0 spiro atoms. The lowest BCUT2D eigenvalue weighted by Gasteiger charge is -2.09. The first kappa shape index (κ1) is 15.8. The van der Waals surface area contributed by atoms with Crippen LogP contribution in [0.15, 0.2) is 24.3 Å². The molecule has 0 aromatic heterocycles. The molecule has 0 aliphatic carbocycles. The SMILES string of the molecule is CCCCCCNc1ccc(NS(=O)(=O)CC)cc1. The quantitative estimate of drug-likeness (QED) is 0.683. The first-order chi connectivity index (χ1) is 9.07. The first-order valence-electron chi connectivity index (χ1n) is 6.92. The monoisotopic (exact) mass is 284 g/mol. The number of nitrogens with one attached hydrogen (secondary N) is 2. The predicted octanol–water partition coefficient (Wildman–Crippen LogP) is 3.44. The number of unbranched alkanes of at least 4 members (excludes halogenated alkanes) is 3. The van der Waals surface area contributed by atoms with Crippen LogP contribution in [-0.2, 0) is 10.0 Å². The zero-order valence-electron chi connectivity index (χ0n) is 11.8. The molecule has 0 bridgehead atoms. The van der Waals surface area contributed by atoms with E-state index in [0.717, 1.165) is 18.7 Å². The van der Waals surface area contributed by atoms with E-state index in [9.17, 15) is 8.42 Å². The lowest BCUT2D eigenvalue weighted by Crippen LogP contribution is -2.14. The van der Waals surface area contributed by atoms with Crippen LogP contribution in [-0.4, -0.2) is 20.7 Å². The third-order valence-corrected chi connectivity index (χ3v) is 4.20. The molecule has 1 aromatic rings. The van der Waals surface area contributed by atoms with Crippen LogP contribution in [0.4, 0.5) is 11.4 Å². The van der Waals surface area contributed by atoms with E-state index in [2.05, 4.69) is 17.0 Å². The number of benzene rings is 1. The maximum Gasteiger partial charge on any atom is 0.232 e. The topological polar surface area (TPSA) is 58.2 Å². The van der Waals surface area contributed by atoms with Gasteiger partial charge in [-0.25, -0.2) is 8.42 Å². The molecular formula is C14H24N2O2S. The van der Waals surface area contributed by atoms with Crippen molar-refractivity contribution in [2.75, 3.05) is 22.3 Å². The van der Waals surface area contributed by atoms with Gasteiger partial charge in [0.1, 0.15) is 0 Å². The summed E-state index contributed by atoms with van der Waals surface area (Å²) in [6, 6.07) is 7.35. The van der Waals surface area contributed by atoms with Crippen LogP contribution in [0.3, 0.4) is 0 Å². The van der Waals surface area contributed by atoms with Crippen molar-refractivity contribution in [3.05, 3.63) is 24.3 Å². The normalized spacial score (nSPS) is 11.3. The Labute approximate surface area is 116 Å². The third kappa shape index (κ3) is 6.47. The summed E-state index contributed by atoms with van der Waals surface area (Å²) in [5, 5.41) is 3.33. The van der Waals surface area contributed by atoms with E-state index in [1.54, 1.807) is 19.1 Å². The molecule has 0 aliphatic heterocycles. The Kier molecular flexibility index (Phi) is 6.70. The van der Waals surface area contributed by atoms with Gasteiger partial charge in [0.2, 0.25) is 10.0 Å². The number of anilines is 2. The van der Waals surface area contributed by atoms with Crippen LogP contribution >= 0.6 is 0 Å². The van der Waals surface area contributed by atoms with Gasteiger partial charge in [-0.15, -0.1) is 0 Å². The molecule has 0 radical (unpaired) electrons. The highest BCUT2D eigenvalue weighted by atomic mass is 32.2. The molecule has 0 heterocycles. The van der Waals surface area contributed by atoms with Gasteiger partial charge in [0, 0.05) is 17.9 Å². The van der Waals surface area contributed by atoms with Crippen LogP contribution in [0, 0.1) is 0 Å². The second-order valence-corrected chi connectivity index (χ2v) is 6.58. The molecular weight excluding hydrogens is 260 g/mol. The summed E-state index contributed by atoms with van der Waals surface area (Å²) < 4.78 is 25.3. The van der Waals surface area contributed by atoms with Crippen molar-refractivity contribution in [3.8, 4) is 0 Å². The van der Waals surface area contributed by atoms with E-state index in [4.69, 9.17) is 0 Å². The van der Waals surface area contributed by atoms with Crippen molar-refractivity contribution in [2.45, 2.75) is 39.5 Å². The zero-order valence-corrected chi connectivity index (χ0v) is 12.6. The highest BCUT2D eigenvalue weighted by Crippen LogP contribution is 2.15. The highest BCUT2D eigenvalue weighted by molar-refractivity contribution is 7.92. The van der Waals surface area contributed by atoms with Crippen LogP contribution < -0.4 is 10.0 Å². The fourth-order valence-corrected chi connectivity index (χ4v) is 2.33. The molecule has 0 aliphatic rings. The van der Waals surface area contributed by atoms with E-state index in [0.29, 0.717) is 5.69 Å². The molecule has 19 heavy (non-hydrogen) atoms. The van der Waals surface area contributed by atoms with Crippen molar-refractivity contribution < 1.29 is 8.42 Å². The van der Waals surface area contributed by atoms with E-state index in [-0.39, 0.29) is 5.75 Å². The standard InChI is InChI=1S/C14H24N2O2S/c1-3-5-6-7-12-15-13-8-10-14(11-9-13)16-19(17,18)4-2/h8-11,15-16H,3-7,12H2,1-2H3. The van der Waals surface area contributed by atoms with Gasteiger partial charge in [-0.05, 0) is 37.6 Å². The number of hydrogen-bond donors (Lipinski definition) is 2. The lowest BCUT2D eigenvalue weighted by molar-refractivity contribution is 0.602. The molecule has 5 heteroatoms. The number of rotatable bonds is 9. The smallest absolute Gasteiger partial charge is 0.232 e. The molecule has 1 rings (SSSR count). The van der Waals surface area contributed by atoms with Gasteiger partial charge in [-0.2, -0.15) is 0 Å². The molecule has 0 atom stereocenters. The van der Waals surface area contributed by atoms with Crippen LogP contribution in [0.1, 0.15) is 39.5 Å². The van der Waals surface area contributed by atoms with E-state index in [1.807, 2.05) is 12.1 Å². The van der Waals surface area contributed by atoms with E-state index in [1.165, 1.54) is 19.3 Å². The Morgan fingerprint density at radius 1 is 0.947 bits per heavy atom. The predicted molar refractivity (Wildman–Crippen MR) is 82.2 cm³/mol. The average Bonchev–Trinajstić information content (AvgIpc) is 2.40. The molecule has 2 N–H and O–H groups in total. The van der Waals surface area contributed by atoms with Crippen LogP contribution in [0.25, 0.3) is 0 Å². The zero-order chi connectivity index (χ0) is 14.1. The van der Waals surface area contributed by atoms with Gasteiger partial charge in [0.25, 0.3) is 0 Å². The molecule has 0 fully saturated rings. The first-order valence-corrected chi connectivity index (χ1v) is 8.57. The molecule has 0 saturated carbocycles. The summed E-state index contributed by atoms with van der Waals surface area (Å²) in [5.74, 6) is 0.0877. The van der Waals surface area contributed by atoms with Gasteiger partial charge in [-0.1, -0.05) is 26.2 Å². The van der Waals surface area contributed by atoms with Crippen molar-refractivity contribution in [2.24, 2.45) is 0 Å². The van der Waals surface area contributed by atoms with E-state index >= 15 is 0 Å². The van der Waals surface area contributed by atoms with Crippen LogP contribution in [0.2, 0.25) is 0 Å². The largest absolute Gasteiger partial charge is 0.385 e. The summed E-state index contributed by atoms with van der Waals surface area (Å²) in [6.07, 6.45) is 4.93. The summed E-state index contributed by atoms with van der Waals surface area (Å²) in [4.78, 5) is 0. The van der Waals surface area contributed by atoms with Crippen molar-refractivity contribution in [3.63, 3.8) is 0 Å². The van der Waals surface area contributed by atoms with Gasteiger partial charge in [-0.3, -0.25) is 4.72 Å². The Morgan fingerprint density at radius 3 is 2.16 bits per heavy atom. The minimum atomic E-state index is -3.18. The fraction of sp³-hybridized carbons (Fsp3) is 0.571. The Balaban J connectivity index is 2.39. The fourth-order valence-electron chi connectivity index (χ4n) is 1.69. The van der Waals surface area contributed by atoms with Crippen molar-refractivity contribution >= 4 is 21.4 Å². The van der Waals surface area contributed by atoms with Crippen molar-refractivity contribution in [1.29, 1.82) is 0 Å². The number of sulfonamides is 1. The maximum absolute atomic E-state index is 11.4. The summed E-state index contributed by atoms with van der Waals surface area (Å²) in [6.45, 7) is 4.78. The minimum absolute atomic E-state index is 0.0877.